The minimum absolute atomic E-state index is 0.148. The first-order valence-electron chi connectivity index (χ1n) is 7.39. The van der Waals surface area contributed by atoms with Gasteiger partial charge in [-0.25, -0.2) is 0 Å². The fourth-order valence-corrected chi connectivity index (χ4v) is 3.21. The summed E-state index contributed by atoms with van der Waals surface area (Å²) in [4.78, 5) is 9.00. The van der Waals surface area contributed by atoms with Gasteiger partial charge in [0.05, 0.1) is 10.0 Å². The van der Waals surface area contributed by atoms with E-state index in [0.717, 1.165) is 19.8 Å². The van der Waals surface area contributed by atoms with Gasteiger partial charge in [0.2, 0.25) is 0 Å². The molecule has 3 N–H and O–H groups in total. The van der Waals surface area contributed by atoms with E-state index < -0.39 is 5.97 Å². The number of rotatable bonds is 1. The van der Waals surface area contributed by atoms with Crippen LogP contribution in [0.3, 0.4) is 0 Å². The molecule has 0 spiro atoms. The van der Waals surface area contributed by atoms with Crippen LogP contribution < -0.4 is 5.73 Å². The van der Waals surface area contributed by atoms with Crippen molar-refractivity contribution in [3.05, 3.63) is 69.2 Å². The maximum absolute atomic E-state index is 9.00. The van der Waals surface area contributed by atoms with Crippen molar-refractivity contribution in [2.75, 3.05) is 0 Å². The molecule has 1 aliphatic carbocycles. The van der Waals surface area contributed by atoms with E-state index in [1.54, 1.807) is 0 Å². The number of hydrogen-bond acceptors (Lipinski definition) is 2. The van der Waals surface area contributed by atoms with Gasteiger partial charge in [-0.1, -0.05) is 53.5 Å². The molecule has 0 radical (unpaired) electrons. The second-order valence-corrected chi connectivity index (χ2v) is 6.37. The van der Waals surface area contributed by atoms with Crippen LogP contribution in [-0.2, 0) is 4.79 Å². The molecule has 0 aliphatic heterocycles. The highest BCUT2D eigenvalue weighted by Crippen LogP contribution is 2.41. The van der Waals surface area contributed by atoms with Gasteiger partial charge >= 0.3 is 0 Å². The summed E-state index contributed by atoms with van der Waals surface area (Å²) in [6.07, 6.45) is 2.05. The standard InChI is InChI=1S/C16H15Cl2N.C2H4O2/c17-14-7-5-10(9-15(14)18)11-6-8-16(19)13-4-2-1-3-12(11)13;1-2(3)4/h1-5,7,9,11,16H,6,8,19H2;1H3,(H,3,4)/t11-,16-;/m0./s1. The Balaban J connectivity index is 0.000000433. The maximum atomic E-state index is 9.00. The molecule has 0 amide bonds. The van der Waals surface area contributed by atoms with Gasteiger partial charge in [0.25, 0.3) is 5.97 Å². The summed E-state index contributed by atoms with van der Waals surface area (Å²) in [5.74, 6) is -0.467. The summed E-state index contributed by atoms with van der Waals surface area (Å²) in [5, 5.41) is 8.64. The van der Waals surface area contributed by atoms with Crippen LogP contribution in [0.5, 0.6) is 0 Å². The number of carboxylic acids is 1. The Bertz CT molecular complexity index is 699. The minimum Gasteiger partial charge on any atom is -0.481 e. The molecule has 3 nitrogen and oxygen atoms in total. The van der Waals surface area contributed by atoms with Crippen LogP contribution in [0.25, 0.3) is 0 Å². The van der Waals surface area contributed by atoms with Crippen LogP contribution >= 0.6 is 23.2 Å². The third kappa shape index (κ3) is 4.47. The molecule has 0 fully saturated rings. The van der Waals surface area contributed by atoms with E-state index in [9.17, 15) is 0 Å². The van der Waals surface area contributed by atoms with E-state index in [4.69, 9.17) is 38.8 Å². The smallest absolute Gasteiger partial charge is 0.300 e. The quantitative estimate of drug-likeness (QED) is 0.758. The van der Waals surface area contributed by atoms with Crippen LogP contribution in [0.1, 0.15) is 48.4 Å². The van der Waals surface area contributed by atoms with Crippen molar-refractivity contribution in [1.29, 1.82) is 0 Å². The van der Waals surface area contributed by atoms with Gasteiger partial charge in [-0.2, -0.15) is 0 Å². The van der Waals surface area contributed by atoms with E-state index in [1.807, 2.05) is 12.1 Å². The molecule has 0 heterocycles. The number of carboxylic acid groups (broad SMARTS) is 1. The first-order chi connectivity index (χ1) is 10.9. The Morgan fingerprint density at radius 3 is 2.30 bits per heavy atom. The van der Waals surface area contributed by atoms with E-state index in [1.165, 1.54) is 16.7 Å². The summed E-state index contributed by atoms with van der Waals surface area (Å²) in [7, 11) is 0. The number of aliphatic carboxylic acids is 1. The fraction of sp³-hybridized carbons (Fsp3) is 0.278. The van der Waals surface area contributed by atoms with Crippen LogP contribution in [0.15, 0.2) is 42.5 Å². The van der Waals surface area contributed by atoms with Crippen molar-refractivity contribution in [2.45, 2.75) is 31.7 Å². The predicted molar refractivity (Wildman–Crippen MR) is 94.2 cm³/mol. The summed E-state index contributed by atoms with van der Waals surface area (Å²) < 4.78 is 0. The Kier molecular flexibility index (Phi) is 6.05. The SMILES string of the molecule is CC(=O)O.N[C@H]1CC[C@@H](c2ccc(Cl)c(Cl)c2)c2ccccc21. The molecule has 23 heavy (non-hydrogen) atoms. The first kappa shape index (κ1) is 17.8. The Morgan fingerprint density at radius 1 is 1.09 bits per heavy atom. The van der Waals surface area contributed by atoms with Crippen molar-refractivity contribution in [3.8, 4) is 0 Å². The van der Waals surface area contributed by atoms with Gasteiger partial charge in [0.1, 0.15) is 0 Å². The molecule has 1 aliphatic rings. The Labute approximate surface area is 146 Å². The summed E-state index contributed by atoms with van der Waals surface area (Å²) in [6, 6.07) is 14.5. The minimum atomic E-state index is -0.833. The largest absolute Gasteiger partial charge is 0.481 e. The lowest BCUT2D eigenvalue weighted by Gasteiger charge is -2.30. The number of hydrogen-bond donors (Lipinski definition) is 2. The van der Waals surface area contributed by atoms with Gasteiger partial charge in [-0.15, -0.1) is 0 Å². The third-order valence-corrected chi connectivity index (χ3v) is 4.62. The lowest BCUT2D eigenvalue weighted by atomic mass is 9.77. The highest BCUT2D eigenvalue weighted by Gasteiger charge is 2.26. The van der Waals surface area contributed by atoms with Crippen molar-refractivity contribution in [1.82, 2.24) is 0 Å². The Hall–Kier alpha value is -1.55. The summed E-state index contributed by atoms with van der Waals surface area (Å²) in [5.41, 5.74) is 9.98. The maximum Gasteiger partial charge on any atom is 0.300 e. The highest BCUT2D eigenvalue weighted by molar-refractivity contribution is 6.42. The summed E-state index contributed by atoms with van der Waals surface area (Å²) in [6.45, 7) is 1.08. The Morgan fingerprint density at radius 2 is 1.70 bits per heavy atom. The van der Waals surface area contributed by atoms with Crippen molar-refractivity contribution in [2.24, 2.45) is 5.73 Å². The molecule has 2 aromatic carbocycles. The number of carbonyl (C=O) groups is 1. The van der Waals surface area contributed by atoms with E-state index >= 15 is 0 Å². The molecular weight excluding hydrogens is 333 g/mol. The van der Waals surface area contributed by atoms with E-state index in [0.29, 0.717) is 16.0 Å². The van der Waals surface area contributed by atoms with Crippen molar-refractivity contribution in [3.63, 3.8) is 0 Å². The lowest BCUT2D eigenvalue weighted by molar-refractivity contribution is -0.134. The number of fused-ring (bicyclic) bond motifs is 1. The number of nitrogens with two attached hydrogens (primary N) is 1. The van der Waals surface area contributed by atoms with Crippen molar-refractivity contribution < 1.29 is 9.90 Å². The molecule has 2 atom stereocenters. The number of halogens is 2. The fourth-order valence-electron chi connectivity index (χ4n) is 2.90. The van der Waals surface area contributed by atoms with Gasteiger partial charge in [-0.3, -0.25) is 4.79 Å². The van der Waals surface area contributed by atoms with Gasteiger partial charge < -0.3 is 10.8 Å². The van der Waals surface area contributed by atoms with E-state index in [2.05, 4.69) is 30.3 Å². The normalized spacial score (nSPS) is 19.3. The zero-order valence-electron chi connectivity index (χ0n) is 12.8. The number of benzene rings is 2. The van der Waals surface area contributed by atoms with Gasteiger partial charge in [0.15, 0.2) is 0 Å². The third-order valence-electron chi connectivity index (χ3n) is 3.88. The van der Waals surface area contributed by atoms with Gasteiger partial charge in [0, 0.05) is 18.9 Å². The van der Waals surface area contributed by atoms with Crippen LogP contribution in [-0.4, -0.2) is 11.1 Å². The summed E-state index contributed by atoms with van der Waals surface area (Å²) >= 11 is 12.1. The van der Waals surface area contributed by atoms with E-state index in [-0.39, 0.29) is 6.04 Å². The zero-order chi connectivity index (χ0) is 17.0. The molecule has 0 saturated heterocycles. The topological polar surface area (TPSA) is 63.3 Å². The monoisotopic (exact) mass is 351 g/mol. The first-order valence-corrected chi connectivity index (χ1v) is 8.14. The lowest BCUT2D eigenvalue weighted by Crippen LogP contribution is -2.20. The molecule has 0 unspecified atom stereocenters. The molecular formula is C18H19Cl2NO2. The molecule has 0 saturated carbocycles. The van der Waals surface area contributed by atoms with Crippen molar-refractivity contribution >= 4 is 29.2 Å². The molecule has 0 bridgehead atoms. The second-order valence-electron chi connectivity index (χ2n) is 5.56. The van der Waals surface area contributed by atoms with Crippen LogP contribution in [0, 0.1) is 0 Å². The average molecular weight is 352 g/mol. The second kappa shape index (κ2) is 7.82. The molecule has 5 heteroatoms. The predicted octanol–water partition coefficient (Wildman–Crippen LogP) is 5.01. The molecule has 3 rings (SSSR count). The molecule has 122 valence electrons. The van der Waals surface area contributed by atoms with Gasteiger partial charge in [-0.05, 0) is 41.7 Å². The van der Waals surface area contributed by atoms with Crippen LogP contribution in [0.4, 0.5) is 0 Å². The highest BCUT2D eigenvalue weighted by atomic mass is 35.5. The molecule has 2 aromatic rings. The zero-order valence-corrected chi connectivity index (χ0v) is 14.3. The van der Waals surface area contributed by atoms with Crippen LogP contribution in [0.2, 0.25) is 10.0 Å². The average Bonchev–Trinajstić information content (AvgIpc) is 2.50. The molecule has 0 aromatic heterocycles.